The molecule has 0 aromatic carbocycles. The van der Waals surface area contributed by atoms with Crippen molar-refractivity contribution in [3.8, 4) is 0 Å². The van der Waals surface area contributed by atoms with Gasteiger partial charge in [-0.1, -0.05) is 0 Å². The first kappa shape index (κ1) is 24.3. The highest BCUT2D eigenvalue weighted by Gasteiger charge is 2.45. The summed E-state index contributed by atoms with van der Waals surface area (Å²) in [6, 6.07) is 0. The van der Waals surface area contributed by atoms with Gasteiger partial charge < -0.3 is 24.3 Å². The van der Waals surface area contributed by atoms with E-state index in [9.17, 15) is 27.7 Å². The number of nitrogens with zero attached hydrogens (tertiary/aromatic N) is 1. The first-order valence-corrected chi connectivity index (χ1v) is 12.0. The molecule has 2 rings (SSSR count). The van der Waals surface area contributed by atoms with Gasteiger partial charge in [-0.25, -0.2) is 22.9 Å². The minimum absolute atomic E-state index is 0.123. The van der Waals surface area contributed by atoms with Crippen LogP contribution < -0.4 is 11.2 Å². The van der Waals surface area contributed by atoms with E-state index < -0.39 is 66.2 Å². The second-order valence-corrected chi connectivity index (χ2v) is 10.2. The molecule has 0 bridgehead atoms. The minimum atomic E-state index is -5.60. The molecule has 0 saturated carbocycles. The second-order valence-electron chi connectivity index (χ2n) is 5.75. The minimum Gasteiger partial charge on any atom is -0.349 e. The number of ether oxygens (including phenoxy) is 1. The lowest BCUT2D eigenvalue weighted by atomic mass is 10.2. The van der Waals surface area contributed by atoms with Gasteiger partial charge in [0.25, 0.3) is 5.56 Å². The number of aromatic nitrogens is 2. The molecule has 0 radical (unpaired) electrons. The Morgan fingerprint density at radius 1 is 1.21 bits per heavy atom. The Labute approximate surface area is 160 Å². The number of halogens is 1. The highest BCUT2D eigenvalue weighted by molar-refractivity contribution is 7.66. The molecule has 0 spiro atoms. The molecule has 0 aliphatic carbocycles. The van der Waals surface area contributed by atoms with Gasteiger partial charge in [0.1, 0.15) is 18.5 Å². The topological polar surface area (TPSA) is 224 Å². The maximum Gasteiger partial charge on any atom is 0.492 e. The molecule has 0 amide bonds. The Hall–Kier alpha value is -1.02. The van der Waals surface area contributed by atoms with Crippen molar-refractivity contribution in [3.05, 3.63) is 32.6 Å². The third-order valence-electron chi connectivity index (χ3n) is 3.43. The van der Waals surface area contributed by atoms with Crippen LogP contribution in [0.1, 0.15) is 18.2 Å². The molecule has 166 valence electrons. The number of hydrogen-bond donors (Lipinski definition) is 5. The monoisotopic (exact) mass is 484 g/mol. The first-order valence-electron chi connectivity index (χ1n) is 7.48. The molecule has 19 heteroatoms. The van der Waals surface area contributed by atoms with Crippen molar-refractivity contribution in [3.63, 3.8) is 0 Å². The van der Waals surface area contributed by atoms with Crippen LogP contribution in [0.15, 0.2) is 15.8 Å². The lowest BCUT2D eigenvalue weighted by molar-refractivity contribution is -0.0349. The number of alkyl halides is 1. The zero-order valence-corrected chi connectivity index (χ0v) is 17.0. The van der Waals surface area contributed by atoms with E-state index >= 15 is 0 Å². The van der Waals surface area contributed by atoms with Crippen molar-refractivity contribution in [2.45, 2.75) is 31.8 Å². The Balaban J connectivity index is 2.15. The predicted octanol–water partition coefficient (Wildman–Crippen LogP) is -0.186. The molecular formula is C10H16FN2O13P3. The van der Waals surface area contributed by atoms with E-state index in [-0.39, 0.29) is 5.56 Å². The number of phosphoric acid groups is 3. The summed E-state index contributed by atoms with van der Waals surface area (Å²) in [5.74, 6) is 0. The van der Waals surface area contributed by atoms with Crippen molar-refractivity contribution in [2.24, 2.45) is 0 Å². The van der Waals surface area contributed by atoms with Gasteiger partial charge in [-0.15, -0.1) is 0 Å². The molecule has 5 N–H and O–H groups in total. The smallest absolute Gasteiger partial charge is 0.349 e. The van der Waals surface area contributed by atoms with Crippen molar-refractivity contribution < 1.29 is 55.5 Å². The maximum atomic E-state index is 14.2. The fraction of sp³-hybridized carbons (Fsp3) is 0.600. The van der Waals surface area contributed by atoms with Gasteiger partial charge in [-0.2, -0.15) is 8.62 Å². The molecule has 29 heavy (non-hydrogen) atoms. The molecule has 2 heterocycles. The lowest BCUT2D eigenvalue weighted by Gasteiger charge is -2.21. The van der Waals surface area contributed by atoms with Crippen molar-refractivity contribution in [2.75, 3.05) is 6.61 Å². The molecule has 3 atom stereocenters. The Kier molecular flexibility index (Phi) is 7.20. The summed E-state index contributed by atoms with van der Waals surface area (Å²) in [7, 11) is -16.7. The van der Waals surface area contributed by atoms with Crippen LogP contribution in [-0.2, 0) is 31.6 Å². The summed E-state index contributed by atoms with van der Waals surface area (Å²) in [6.45, 7) is 0.304. The van der Waals surface area contributed by atoms with E-state index in [2.05, 4.69) is 13.1 Å². The van der Waals surface area contributed by atoms with Crippen LogP contribution in [0, 0.1) is 6.92 Å². The first-order chi connectivity index (χ1) is 13.1. The normalized spacial score (nSPS) is 23.4. The Morgan fingerprint density at radius 2 is 1.76 bits per heavy atom. The van der Waals surface area contributed by atoms with E-state index in [1.165, 1.54) is 6.92 Å². The number of rotatable bonds is 8. The maximum absolute atomic E-state index is 14.2. The zero-order chi connectivity index (χ0) is 22.2. The fourth-order valence-electron chi connectivity index (χ4n) is 2.30. The second kappa shape index (κ2) is 8.61. The third-order valence-corrected chi connectivity index (χ3v) is 7.19. The van der Waals surface area contributed by atoms with Crippen LogP contribution in [-0.4, -0.2) is 48.0 Å². The molecule has 1 aromatic heterocycles. The third kappa shape index (κ3) is 7.02. The van der Waals surface area contributed by atoms with Crippen LogP contribution in [0.3, 0.4) is 0 Å². The van der Waals surface area contributed by atoms with Gasteiger partial charge in [0, 0.05) is 18.2 Å². The summed E-state index contributed by atoms with van der Waals surface area (Å²) in [5.41, 5.74) is -1.44. The number of nitrogens with one attached hydrogen (secondary N) is 1. The van der Waals surface area contributed by atoms with Crippen LogP contribution in [0.5, 0.6) is 0 Å². The highest BCUT2D eigenvalue weighted by atomic mass is 31.3. The average Bonchev–Trinajstić information content (AvgIpc) is 2.86. The van der Waals surface area contributed by atoms with E-state index in [1.807, 2.05) is 4.98 Å². The fourth-order valence-corrected chi connectivity index (χ4v) is 5.48. The predicted molar refractivity (Wildman–Crippen MR) is 89.3 cm³/mol. The molecule has 15 nitrogen and oxygen atoms in total. The van der Waals surface area contributed by atoms with Crippen LogP contribution in [0.4, 0.5) is 4.39 Å². The Morgan fingerprint density at radius 3 is 2.28 bits per heavy atom. The lowest BCUT2D eigenvalue weighted by Crippen LogP contribution is -2.33. The van der Waals surface area contributed by atoms with Crippen LogP contribution in [0.2, 0.25) is 0 Å². The molecule has 1 aromatic rings. The summed E-state index contributed by atoms with van der Waals surface area (Å²) in [5, 5.41) is 0. The average molecular weight is 484 g/mol. The molecule has 1 saturated heterocycles. The van der Waals surface area contributed by atoms with Crippen molar-refractivity contribution in [1.29, 1.82) is 0 Å². The molecule has 1 aliphatic heterocycles. The van der Waals surface area contributed by atoms with E-state index in [4.69, 9.17) is 24.3 Å². The van der Waals surface area contributed by atoms with Gasteiger partial charge in [-0.3, -0.25) is 18.9 Å². The summed E-state index contributed by atoms with van der Waals surface area (Å²) < 4.78 is 65.8. The van der Waals surface area contributed by atoms with Gasteiger partial charge in [0.15, 0.2) is 0 Å². The number of aryl methyl sites for hydroxylation is 1. The zero-order valence-electron chi connectivity index (χ0n) is 14.4. The molecule has 1 aliphatic rings. The van der Waals surface area contributed by atoms with Gasteiger partial charge in [0.2, 0.25) is 0 Å². The van der Waals surface area contributed by atoms with Gasteiger partial charge in [0.05, 0.1) is 6.61 Å². The van der Waals surface area contributed by atoms with E-state index in [0.717, 1.165) is 10.8 Å². The van der Waals surface area contributed by atoms with Crippen molar-refractivity contribution >= 4 is 23.5 Å². The molecule has 1 fully saturated rings. The molecule has 0 unspecified atom stereocenters. The summed E-state index contributed by atoms with van der Waals surface area (Å²) in [6.07, 6.45) is -4.00. The SMILES string of the molecule is Cc1cn([C@H]2C[C@H](F)[C@@H](COP(=O)(OP(=O)(O)O)OP(=O)(O)O)O2)c(=O)[nH]c1=O. The number of aromatic amines is 1. The van der Waals surface area contributed by atoms with Gasteiger partial charge in [-0.05, 0) is 6.92 Å². The number of H-pyrrole nitrogens is 1. The van der Waals surface area contributed by atoms with E-state index in [0.29, 0.717) is 0 Å². The number of hydrogen-bond acceptors (Lipinski definition) is 9. The summed E-state index contributed by atoms with van der Waals surface area (Å²) >= 11 is 0. The quantitative estimate of drug-likeness (QED) is 0.302. The van der Waals surface area contributed by atoms with E-state index in [1.54, 1.807) is 0 Å². The largest absolute Gasteiger partial charge is 0.492 e. The molecular weight excluding hydrogens is 468 g/mol. The standard InChI is InChI=1S/C10H16FN2O13P3/c1-5-3-13(10(15)12-9(5)14)8-2-6(11)7(24-8)4-23-29(22,25-27(16,17)18)26-28(19,20)21/h3,6-8H,2,4H2,1H3,(H,12,14,15)(H2,16,17,18)(H2,19,20,21)/t6-,7+,8+/m0/s1. The van der Waals surface area contributed by atoms with Crippen LogP contribution in [0.25, 0.3) is 0 Å². The van der Waals surface area contributed by atoms with Crippen molar-refractivity contribution in [1.82, 2.24) is 9.55 Å². The highest BCUT2D eigenvalue weighted by Crippen LogP contribution is 2.67. The Bertz CT molecular complexity index is 983. The summed E-state index contributed by atoms with van der Waals surface area (Å²) in [4.78, 5) is 60.0. The van der Waals surface area contributed by atoms with Gasteiger partial charge >= 0.3 is 29.2 Å². The van der Waals surface area contributed by atoms with Crippen LogP contribution >= 0.6 is 23.5 Å².